The third kappa shape index (κ3) is 2.40. The molecule has 0 saturated carbocycles. The molecule has 3 heteroatoms. The first-order valence-electron chi connectivity index (χ1n) is 4.99. The average molecular weight is 247 g/mol. The molecule has 1 N–H and O–H groups in total. The van der Waals surface area contributed by atoms with Crippen LogP contribution in [-0.2, 0) is 11.8 Å². The van der Waals surface area contributed by atoms with Crippen LogP contribution >= 0.6 is 23.2 Å². The van der Waals surface area contributed by atoms with Crippen LogP contribution in [0.25, 0.3) is 0 Å². The Bertz CT molecular complexity index is 378. The number of phenolic OH excluding ortho intramolecular Hbond substituents is 1. The minimum atomic E-state index is -0.163. The monoisotopic (exact) mass is 246 g/mol. The molecule has 1 nitrogen and oxygen atoms in total. The van der Waals surface area contributed by atoms with Gasteiger partial charge >= 0.3 is 0 Å². The molecule has 0 unspecified atom stereocenters. The summed E-state index contributed by atoms with van der Waals surface area (Å²) in [5.74, 6) is 0.158. The standard InChI is InChI=1S/C12H16Cl2O/c1-5-7-9(13)6-8(12(2,3)4)11(15)10(7)14/h6,15H,5H2,1-4H3. The summed E-state index contributed by atoms with van der Waals surface area (Å²) >= 11 is 12.2. The molecule has 0 fully saturated rings. The van der Waals surface area contributed by atoms with Crippen molar-refractivity contribution >= 4 is 23.2 Å². The lowest BCUT2D eigenvalue weighted by molar-refractivity contribution is 0.446. The lowest BCUT2D eigenvalue weighted by Crippen LogP contribution is -2.12. The molecule has 0 aliphatic rings. The summed E-state index contributed by atoms with van der Waals surface area (Å²) in [4.78, 5) is 0. The average Bonchev–Trinajstić information content (AvgIpc) is 2.10. The third-order valence-electron chi connectivity index (χ3n) is 2.45. The van der Waals surface area contributed by atoms with Crippen LogP contribution in [0.2, 0.25) is 10.0 Å². The normalized spacial score (nSPS) is 11.9. The number of aromatic hydroxyl groups is 1. The molecule has 1 aromatic rings. The third-order valence-corrected chi connectivity index (χ3v) is 3.19. The van der Waals surface area contributed by atoms with E-state index in [2.05, 4.69) is 0 Å². The molecule has 15 heavy (non-hydrogen) atoms. The number of halogens is 2. The summed E-state index contributed by atoms with van der Waals surface area (Å²) in [6, 6.07) is 1.81. The van der Waals surface area contributed by atoms with Crippen molar-refractivity contribution < 1.29 is 5.11 Å². The quantitative estimate of drug-likeness (QED) is 0.771. The van der Waals surface area contributed by atoms with Gasteiger partial charge in [0.15, 0.2) is 0 Å². The number of rotatable bonds is 1. The SMILES string of the molecule is CCc1c(Cl)cc(C(C)(C)C)c(O)c1Cl. The smallest absolute Gasteiger partial charge is 0.138 e. The maximum Gasteiger partial charge on any atom is 0.138 e. The van der Waals surface area contributed by atoms with Crippen molar-refractivity contribution in [3.8, 4) is 5.75 Å². The molecular weight excluding hydrogens is 231 g/mol. The Morgan fingerprint density at radius 3 is 2.20 bits per heavy atom. The molecule has 0 spiro atoms. The van der Waals surface area contributed by atoms with E-state index in [1.54, 1.807) is 0 Å². The zero-order valence-electron chi connectivity index (χ0n) is 9.49. The summed E-state index contributed by atoms with van der Waals surface area (Å²) < 4.78 is 0. The molecule has 0 saturated heterocycles. The Labute approximate surface area is 101 Å². The van der Waals surface area contributed by atoms with E-state index in [-0.39, 0.29) is 11.2 Å². The Morgan fingerprint density at radius 2 is 1.80 bits per heavy atom. The van der Waals surface area contributed by atoms with Crippen LogP contribution in [0.4, 0.5) is 0 Å². The number of phenols is 1. The largest absolute Gasteiger partial charge is 0.506 e. The molecule has 1 rings (SSSR count). The van der Waals surface area contributed by atoms with Crippen LogP contribution in [0, 0.1) is 0 Å². The molecule has 0 heterocycles. The van der Waals surface area contributed by atoms with Crippen molar-refractivity contribution in [2.45, 2.75) is 39.5 Å². The van der Waals surface area contributed by atoms with Gasteiger partial charge in [0, 0.05) is 10.6 Å². The molecule has 0 bridgehead atoms. The second-order valence-corrected chi connectivity index (χ2v) is 5.44. The molecule has 0 aliphatic heterocycles. The minimum Gasteiger partial charge on any atom is -0.506 e. The van der Waals surface area contributed by atoms with Gasteiger partial charge in [-0.3, -0.25) is 0 Å². The van der Waals surface area contributed by atoms with E-state index in [9.17, 15) is 5.11 Å². The van der Waals surface area contributed by atoms with Crippen LogP contribution in [0.3, 0.4) is 0 Å². The molecule has 84 valence electrons. The number of hydrogen-bond acceptors (Lipinski definition) is 1. The van der Waals surface area contributed by atoms with Crippen molar-refractivity contribution in [1.29, 1.82) is 0 Å². The maximum absolute atomic E-state index is 9.98. The molecular formula is C12H16Cl2O. The Morgan fingerprint density at radius 1 is 1.27 bits per heavy atom. The molecule has 0 aromatic heterocycles. The van der Waals surface area contributed by atoms with E-state index in [1.807, 2.05) is 33.8 Å². The number of hydrogen-bond donors (Lipinski definition) is 1. The van der Waals surface area contributed by atoms with E-state index in [4.69, 9.17) is 23.2 Å². The summed E-state index contributed by atoms with van der Waals surface area (Å²) in [6.07, 6.45) is 0.718. The van der Waals surface area contributed by atoms with Gasteiger partial charge < -0.3 is 5.11 Å². The lowest BCUT2D eigenvalue weighted by Gasteiger charge is -2.22. The van der Waals surface area contributed by atoms with Crippen LogP contribution in [-0.4, -0.2) is 5.11 Å². The fourth-order valence-electron chi connectivity index (χ4n) is 1.54. The van der Waals surface area contributed by atoms with E-state index >= 15 is 0 Å². The van der Waals surface area contributed by atoms with Gasteiger partial charge in [0.2, 0.25) is 0 Å². The summed E-state index contributed by atoms with van der Waals surface area (Å²) in [5, 5.41) is 11.0. The summed E-state index contributed by atoms with van der Waals surface area (Å²) in [7, 11) is 0. The van der Waals surface area contributed by atoms with E-state index < -0.39 is 0 Å². The highest BCUT2D eigenvalue weighted by atomic mass is 35.5. The van der Waals surface area contributed by atoms with Crippen molar-refractivity contribution in [3.05, 3.63) is 27.2 Å². The first-order chi connectivity index (χ1) is 6.79. The first kappa shape index (κ1) is 12.7. The van der Waals surface area contributed by atoms with E-state index in [0.717, 1.165) is 17.5 Å². The molecule has 0 atom stereocenters. The molecule has 0 radical (unpaired) electrons. The van der Waals surface area contributed by atoms with E-state index in [1.165, 1.54) is 0 Å². The summed E-state index contributed by atoms with van der Waals surface area (Å²) in [5.41, 5.74) is 1.43. The van der Waals surface area contributed by atoms with Crippen molar-refractivity contribution in [2.75, 3.05) is 0 Å². The summed E-state index contributed by atoms with van der Waals surface area (Å²) in [6.45, 7) is 8.00. The zero-order valence-corrected chi connectivity index (χ0v) is 11.0. The van der Waals surface area contributed by atoms with Crippen molar-refractivity contribution in [1.82, 2.24) is 0 Å². The number of benzene rings is 1. The van der Waals surface area contributed by atoms with Crippen molar-refractivity contribution in [3.63, 3.8) is 0 Å². The zero-order chi connectivity index (χ0) is 11.8. The fourth-order valence-corrected chi connectivity index (χ4v) is 2.27. The van der Waals surface area contributed by atoms with Gasteiger partial charge in [-0.1, -0.05) is 50.9 Å². The molecule has 1 aromatic carbocycles. The minimum absolute atomic E-state index is 0.158. The Balaban J connectivity index is 3.48. The van der Waals surface area contributed by atoms with Gasteiger partial charge in [-0.25, -0.2) is 0 Å². The fraction of sp³-hybridized carbons (Fsp3) is 0.500. The maximum atomic E-state index is 9.98. The highest BCUT2D eigenvalue weighted by Gasteiger charge is 2.22. The molecule has 0 aliphatic carbocycles. The predicted octanol–water partition coefficient (Wildman–Crippen LogP) is 4.56. The second kappa shape index (κ2) is 4.23. The topological polar surface area (TPSA) is 20.2 Å². The van der Waals surface area contributed by atoms with Crippen LogP contribution in [0.5, 0.6) is 5.75 Å². The van der Waals surface area contributed by atoms with Gasteiger partial charge in [-0.15, -0.1) is 0 Å². The Kier molecular flexibility index (Phi) is 3.57. The predicted molar refractivity (Wildman–Crippen MR) is 66.2 cm³/mol. The molecule has 0 amide bonds. The Hall–Kier alpha value is -0.400. The van der Waals surface area contributed by atoms with E-state index in [0.29, 0.717) is 10.0 Å². The van der Waals surface area contributed by atoms with Gasteiger partial charge in [-0.05, 0) is 23.5 Å². The van der Waals surface area contributed by atoms with Gasteiger partial charge in [0.25, 0.3) is 0 Å². The van der Waals surface area contributed by atoms with Crippen molar-refractivity contribution in [2.24, 2.45) is 0 Å². The second-order valence-electron chi connectivity index (χ2n) is 4.65. The van der Waals surface area contributed by atoms with Crippen LogP contribution in [0.15, 0.2) is 6.07 Å². The van der Waals surface area contributed by atoms with Gasteiger partial charge in [-0.2, -0.15) is 0 Å². The lowest BCUT2D eigenvalue weighted by atomic mass is 9.85. The first-order valence-corrected chi connectivity index (χ1v) is 5.75. The van der Waals surface area contributed by atoms with Gasteiger partial charge in [0.05, 0.1) is 5.02 Å². The van der Waals surface area contributed by atoms with Gasteiger partial charge in [0.1, 0.15) is 5.75 Å². The highest BCUT2D eigenvalue weighted by molar-refractivity contribution is 6.37. The van der Waals surface area contributed by atoms with Crippen LogP contribution < -0.4 is 0 Å². The highest BCUT2D eigenvalue weighted by Crippen LogP contribution is 2.41. The van der Waals surface area contributed by atoms with Crippen LogP contribution in [0.1, 0.15) is 38.8 Å².